The largest absolute Gasteiger partial charge is 0.144 e. The highest BCUT2D eigenvalue weighted by Crippen LogP contribution is 2.38. The van der Waals surface area contributed by atoms with Crippen molar-refractivity contribution >= 4 is 22.9 Å². The Balaban J connectivity index is 1.91. The van der Waals surface area contributed by atoms with Crippen molar-refractivity contribution in [1.82, 2.24) is 0 Å². The number of alkyl halides is 1. The maximum atomic E-state index is 6.47. The molecule has 0 bridgehead atoms. The van der Waals surface area contributed by atoms with Gasteiger partial charge in [-0.25, -0.2) is 0 Å². The van der Waals surface area contributed by atoms with Crippen LogP contribution in [0.3, 0.4) is 0 Å². The van der Waals surface area contributed by atoms with Crippen LogP contribution in [0.1, 0.15) is 54.2 Å². The standard InChI is InChI=1S/C13H19ClS/c1-2-11-7-8-13(15-11)12(14)9-10-5-3-4-6-10/h7-8,10,12H,2-6,9H2,1H3. The molecule has 0 spiro atoms. The van der Waals surface area contributed by atoms with Crippen LogP contribution in [-0.4, -0.2) is 0 Å². The van der Waals surface area contributed by atoms with Gasteiger partial charge < -0.3 is 0 Å². The fourth-order valence-electron chi connectivity index (χ4n) is 2.41. The predicted octanol–water partition coefficient (Wildman–Crippen LogP) is 5.17. The first kappa shape index (κ1) is 11.5. The summed E-state index contributed by atoms with van der Waals surface area (Å²) < 4.78 is 0. The van der Waals surface area contributed by atoms with Crippen molar-refractivity contribution in [2.75, 3.05) is 0 Å². The molecule has 1 aromatic heterocycles. The van der Waals surface area contributed by atoms with E-state index in [0.717, 1.165) is 12.3 Å². The van der Waals surface area contributed by atoms with Crippen molar-refractivity contribution in [1.29, 1.82) is 0 Å². The normalized spacial score (nSPS) is 19.6. The van der Waals surface area contributed by atoms with E-state index in [1.54, 1.807) is 0 Å². The zero-order valence-electron chi connectivity index (χ0n) is 9.34. The van der Waals surface area contributed by atoms with Crippen LogP contribution in [0.5, 0.6) is 0 Å². The van der Waals surface area contributed by atoms with Crippen molar-refractivity contribution < 1.29 is 0 Å². The Morgan fingerprint density at radius 1 is 1.40 bits per heavy atom. The minimum atomic E-state index is 0.262. The second-order valence-corrected chi connectivity index (χ2v) is 6.24. The lowest BCUT2D eigenvalue weighted by Crippen LogP contribution is -1.97. The average Bonchev–Trinajstić information content (AvgIpc) is 2.86. The van der Waals surface area contributed by atoms with E-state index in [0.29, 0.717) is 0 Å². The Morgan fingerprint density at radius 3 is 2.73 bits per heavy atom. The monoisotopic (exact) mass is 242 g/mol. The van der Waals surface area contributed by atoms with Crippen LogP contribution in [0, 0.1) is 5.92 Å². The van der Waals surface area contributed by atoms with Crippen molar-refractivity contribution in [3.8, 4) is 0 Å². The first-order valence-corrected chi connectivity index (χ1v) is 7.27. The number of rotatable bonds is 4. The second-order valence-electron chi connectivity index (χ2n) is 4.51. The Labute approximate surface area is 102 Å². The van der Waals surface area contributed by atoms with Crippen LogP contribution < -0.4 is 0 Å². The zero-order chi connectivity index (χ0) is 10.7. The molecule has 1 heterocycles. The SMILES string of the molecule is CCc1ccc(C(Cl)CC2CCCC2)s1. The molecule has 0 saturated heterocycles. The first-order chi connectivity index (χ1) is 7.29. The van der Waals surface area contributed by atoms with Gasteiger partial charge in [0.1, 0.15) is 0 Å². The van der Waals surface area contributed by atoms with E-state index in [1.807, 2.05) is 11.3 Å². The van der Waals surface area contributed by atoms with Gasteiger partial charge in [0.25, 0.3) is 0 Å². The Kier molecular flexibility index (Phi) is 4.10. The van der Waals surface area contributed by atoms with Crippen molar-refractivity contribution in [2.45, 2.75) is 50.8 Å². The molecule has 2 rings (SSSR count). The van der Waals surface area contributed by atoms with Crippen molar-refractivity contribution in [3.63, 3.8) is 0 Å². The Bertz CT molecular complexity index is 299. The van der Waals surface area contributed by atoms with E-state index in [2.05, 4.69) is 19.1 Å². The lowest BCUT2D eigenvalue weighted by molar-refractivity contribution is 0.498. The molecule has 0 radical (unpaired) electrons. The fourth-order valence-corrected chi connectivity index (χ4v) is 3.81. The molecule has 0 aliphatic heterocycles. The number of hydrogen-bond acceptors (Lipinski definition) is 1. The summed E-state index contributed by atoms with van der Waals surface area (Å²) in [6.07, 6.45) is 7.95. The molecule has 0 nitrogen and oxygen atoms in total. The van der Waals surface area contributed by atoms with Crippen LogP contribution >= 0.6 is 22.9 Å². The summed E-state index contributed by atoms with van der Waals surface area (Å²) in [6, 6.07) is 4.44. The zero-order valence-corrected chi connectivity index (χ0v) is 10.9. The molecule has 84 valence electrons. The third kappa shape index (κ3) is 2.98. The molecule has 1 fully saturated rings. The number of thiophene rings is 1. The van der Waals surface area contributed by atoms with E-state index >= 15 is 0 Å². The fraction of sp³-hybridized carbons (Fsp3) is 0.692. The van der Waals surface area contributed by atoms with Gasteiger partial charge in [0.15, 0.2) is 0 Å². The second kappa shape index (κ2) is 5.36. The molecule has 15 heavy (non-hydrogen) atoms. The van der Waals surface area contributed by atoms with Crippen molar-refractivity contribution in [3.05, 3.63) is 21.9 Å². The van der Waals surface area contributed by atoms with Gasteiger partial charge in [-0.05, 0) is 30.9 Å². The van der Waals surface area contributed by atoms with E-state index in [1.165, 1.54) is 41.9 Å². The van der Waals surface area contributed by atoms with E-state index in [9.17, 15) is 0 Å². The highest BCUT2D eigenvalue weighted by atomic mass is 35.5. The molecule has 0 amide bonds. The highest BCUT2D eigenvalue weighted by molar-refractivity contribution is 7.12. The molecule has 1 aliphatic rings. The number of hydrogen-bond donors (Lipinski definition) is 0. The molecule has 1 aromatic rings. The van der Waals surface area contributed by atoms with Crippen LogP contribution in [0.4, 0.5) is 0 Å². The molecule has 0 aromatic carbocycles. The average molecular weight is 243 g/mol. The van der Waals surface area contributed by atoms with Crippen LogP contribution in [0.2, 0.25) is 0 Å². The van der Waals surface area contributed by atoms with Gasteiger partial charge in [0.05, 0.1) is 5.38 Å². The van der Waals surface area contributed by atoms with E-state index < -0.39 is 0 Å². The number of halogens is 1. The first-order valence-electron chi connectivity index (χ1n) is 6.02. The van der Waals surface area contributed by atoms with Gasteiger partial charge in [-0.1, -0.05) is 32.6 Å². The Hall–Kier alpha value is -0.0100. The smallest absolute Gasteiger partial charge is 0.0681 e. The maximum absolute atomic E-state index is 6.47. The lowest BCUT2D eigenvalue weighted by Gasteiger charge is -2.12. The molecule has 1 aliphatic carbocycles. The third-order valence-electron chi connectivity index (χ3n) is 3.35. The lowest BCUT2D eigenvalue weighted by atomic mass is 10.0. The predicted molar refractivity (Wildman–Crippen MR) is 68.9 cm³/mol. The summed E-state index contributed by atoms with van der Waals surface area (Å²) in [6.45, 7) is 2.20. The van der Waals surface area contributed by atoms with Gasteiger partial charge in [0, 0.05) is 9.75 Å². The van der Waals surface area contributed by atoms with Gasteiger partial charge >= 0.3 is 0 Å². The van der Waals surface area contributed by atoms with Crippen molar-refractivity contribution in [2.24, 2.45) is 5.92 Å². The summed E-state index contributed by atoms with van der Waals surface area (Å²) >= 11 is 8.36. The van der Waals surface area contributed by atoms with Gasteiger partial charge in [-0.3, -0.25) is 0 Å². The summed E-state index contributed by atoms with van der Waals surface area (Å²) in [5, 5.41) is 0.262. The van der Waals surface area contributed by atoms with Crippen LogP contribution in [0.25, 0.3) is 0 Å². The van der Waals surface area contributed by atoms with Gasteiger partial charge in [0.2, 0.25) is 0 Å². The number of aryl methyl sites for hydroxylation is 1. The molecule has 0 N–H and O–H groups in total. The molecule has 1 unspecified atom stereocenters. The molecule has 1 atom stereocenters. The van der Waals surface area contributed by atoms with Crippen LogP contribution in [0.15, 0.2) is 12.1 Å². The van der Waals surface area contributed by atoms with Gasteiger partial charge in [-0.2, -0.15) is 0 Å². The maximum Gasteiger partial charge on any atom is 0.0681 e. The van der Waals surface area contributed by atoms with Crippen LogP contribution in [-0.2, 0) is 6.42 Å². The molecular weight excluding hydrogens is 224 g/mol. The summed E-state index contributed by atoms with van der Waals surface area (Å²) in [7, 11) is 0. The van der Waals surface area contributed by atoms with Gasteiger partial charge in [-0.15, -0.1) is 22.9 Å². The summed E-state index contributed by atoms with van der Waals surface area (Å²) in [4.78, 5) is 2.84. The minimum absolute atomic E-state index is 0.262. The highest BCUT2D eigenvalue weighted by Gasteiger charge is 2.20. The molecule has 1 saturated carbocycles. The quantitative estimate of drug-likeness (QED) is 0.639. The summed E-state index contributed by atoms with van der Waals surface area (Å²) in [5.74, 6) is 0.889. The molecule has 2 heteroatoms. The van der Waals surface area contributed by atoms with E-state index in [4.69, 9.17) is 11.6 Å². The topological polar surface area (TPSA) is 0 Å². The van der Waals surface area contributed by atoms with E-state index in [-0.39, 0.29) is 5.38 Å². The third-order valence-corrected chi connectivity index (χ3v) is 5.24. The molecular formula is C13H19ClS. The minimum Gasteiger partial charge on any atom is -0.144 e. The summed E-state index contributed by atoms with van der Waals surface area (Å²) in [5.41, 5.74) is 0. The Morgan fingerprint density at radius 2 is 2.13 bits per heavy atom.